The minimum absolute atomic E-state index is 0.0172. The maximum atomic E-state index is 11.8. The van der Waals surface area contributed by atoms with E-state index in [0.717, 1.165) is 16.8 Å². The lowest BCUT2D eigenvalue weighted by Gasteiger charge is -2.42. The molecule has 35 heavy (non-hydrogen) atoms. The van der Waals surface area contributed by atoms with Crippen LogP contribution < -0.4 is 14.4 Å². The Hall–Kier alpha value is -3.97. The molecule has 0 saturated carbocycles. The number of pyridine rings is 1. The van der Waals surface area contributed by atoms with Gasteiger partial charge in [0.1, 0.15) is 24.2 Å². The number of carboxylic acid groups (broad SMARTS) is 1. The zero-order valence-electron chi connectivity index (χ0n) is 18.9. The predicted molar refractivity (Wildman–Crippen MR) is 134 cm³/mol. The van der Waals surface area contributed by atoms with E-state index in [2.05, 4.69) is 9.88 Å². The maximum absolute atomic E-state index is 11.8. The van der Waals surface area contributed by atoms with Crippen LogP contribution in [0.3, 0.4) is 0 Å². The molecule has 1 aliphatic heterocycles. The molecule has 4 aromatic rings. The van der Waals surface area contributed by atoms with Crippen LogP contribution in [0.1, 0.15) is 21.5 Å². The fourth-order valence-electron chi connectivity index (χ4n) is 4.11. The predicted octanol–water partition coefficient (Wildman–Crippen LogP) is 5.13. The van der Waals surface area contributed by atoms with Crippen LogP contribution in [0.25, 0.3) is 0 Å². The normalized spacial score (nSPS) is 13.3. The van der Waals surface area contributed by atoms with Crippen molar-refractivity contribution in [2.45, 2.75) is 19.3 Å². The molecule has 1 fully saturated rings. The number of aromatic nitrogens is 2. The number of hydrogen-bond acceptors (Lipinski definition) is 5. The number of rotatable bonds is 9. The van der Waals surface area contributed by atoms with Gasteiger partial charge in [0.15, 0.2) is 0 Å². The van der Waals surface area contributed by atoms with Gasteiger partial charge in [-0.25, -0.2) is 4.79 Å². The van der Waals surface area contributed by atoms with Crippen molar-refractivity contribution in [3.63, 3.8) is 0 Å². The van der Waals surface area contributed by atoms with E-state index in [0.29, 0.717) is 48.3 Å². The minimum atomic E-state index is -0.926. The Morgan fingerprint density at radius 1 is 1.06 bits per heavy atom. The van der Waals surface area contributed by atoms with Gasteiger partial charge in [0.05, 0.1) is 29.9 Å². The molecule has 2 aromatic heterocycles. The van der Waals surface area contributed by atoms with Crippen LogP contribution in [0.5, 0.6) is 11.5 Å². The number of hydrogen-bond donors (Lipinski definition) is 1. The van der Waals surface area contributed by atoms with Crippen molar-refractivity contribution < 1.29 is 19.4 Å². The molecular formula is C27H24ClN3O4. The topological polar surface area (TPSA) is 76.8 Å². The molecule has 2 aromatic carbocycles. The summed E-state index contributed by atoms with van der Waals surface area (Å²) in [6, 6.07) is 18.5. The second kappa shape index (κ2) is 10.1. The molecule has 0 spiro atoms. The van der Waals surface area contributed by atoms with Crippen molar-refractivity contribution in [3.8, 4) is 11.5 Å². The van der Waals surface area contributed by atoms with Gasteiger partial charge in [0.25, 0.3) is 0 Å². The summed E-state index contributed by atoms with van der Waals surface area (Å²) in [7, 11) is 0. The molecule has 1 aliphatic rings. The minimum Gasteiger partial charge on any atom is -0.487 e. The Balaban J connectivity index is 1.22. The van der Waals surface area contributed by atoms with Crippen LogP contribution in [0.15, 0.2) is 85.5 Å². The molecule has 1 saturated heterocycles. The number of carbonyl (C=O) groups is 1. The lowest BCUT2D eigenvalue weighted by molar-refractivity contribution is 0.0695. The first-order chi connectivity index (χ1) is 17.1. The van der Waals surface area contributed by atoms with Crippen LogP contribution >= 0.6 is 11.6 Å². The highest BCUT2D eigenvalue weighted by molar-refractivity contribution is 6.31. The number of halogens is 1. The first kappa shape index (κ1) is 22.8. The number of carboxylic acids is 1. The summed E-state index contributed by atoms with van der Waals surface area (Å²) < 4.78 is 13.8. The number of ether oxygens (including phenoxy) is 2. The molecule has 0 aliphatic carbocycles. The molecule has 0 unspecified atom stereocenters. The van der Waals surface area contributed by atoms with Crippen molar-refractivity contribution >= 4 is 23.3 Å². The first-order valence-electron chi connectivity index (χ1n) is 11.3. The van der Waals surface area contributed by atoms with Crippen molar-refractivity contribution in [2.75, 3.05) is 18.0 Å². The van der Waals surface area contributed by atoms with Gasteiger partial charge in [0.2, 0.25) is 0 Å². The Bertz CT molecular complexity index is 1310. The second-order valence-electron chi connectivity index (χ2n) is 8.34. The highest BCUT2D eigenvalue weighted by Crippen LogP contribution is 2.31. The van der Waals surface area contributed by atoms with Gasteiger partial charge in [-0.05, 0) is 48.5 Å². The van der Waals surface area contributed by atoms with Crippen LogP contribution in [-0.4, -0.2) is 39.8 Å². The van der Waals surface area contributed by atoms with E-state index in [4.69, 9.17) is 21.1 Å². The fourth-order valence-corrected chi connectivity index (χ4v) is 4.33. The molecular weight excluding hydrogens is 466 g/mol. The number of nitrogens with zero attached hydrogens (tertiary/aromatic N) is 3. The largest absolute Gasteiger partial charge is 0.487 e. The van der Waals surface area contributed by atoms with E-state index in [9.17, 15) is 9.90 Å². The summed E-state index contributed by atoms with van der Waals surface area (Å²) in [5.41, 5.74) is 2.88. The lowest BCUT2D eigenvalue weighted by Crippen LogP contribution is -2.54. The summed E-state index contributed by atoms with van der Waals surface area (Å²) in [6.07, 6.45) is 7.19. The highest BCUT2D eigenvalue weighted by Gasteiger charge is 2.31. The summed E-state index contributed by atoms with van der Waals surface area (Å²) in [4.78, 5) is 18.0. The summed E-state index contributed by atoms with van der Waals surface area (Å²) in [6.45, 7) is 2.15. The van der Waals surface area contributed by atoms with E-state index < -0.39 is 5.97 Å². The standard InChI is InChI=1S/C27H24ClN3O4/c28-25-13-20(9-8-19(25)18-34-21-5-4-10-29-14-21)35-22-15-31(16-22)26-7-3-6-23(27(32)33)24(26)17-30-11-1-2-12-30/h1-14,22H,15-18H2,(H,32,33). The first-order valence-corrected chi connectivity index (χ1v) is 11.6. The monoisotopic (exact) mass is 489 g/mol. The number of anilines is 1. The SMILES string of the molecule is O=C(O)c1cccc(N2CC(Oc3ccc(COc4cccnc4)c(Cl)c3)C2)c1Cn1cccc1. The average molecular weight is 490 g/mol. The quantitative estimate of drug-likeness (QED) is 0.351. The van der Waals surface area contributed by atoms with Crippen molar-refractivity contribution in [3.05, 3.63) is 107 Å². The Labute approximate surface area is 208 Å². The van der Waals surface area contributed by atoms with E-state index in [1.54, 1.807) is 30.6 Å². The summed E-state index contributed by atoms with van der Waals surface area (Å²) in [5.74, 6) is 0.447. The number of aromatic carboxylic acids is 1. The van der Waals surface area contributed by atoms with Gasteiger partial charge in [-0.1, -0.05) is 23.7 Å². The maximum Gasteiger partial charge on any atom is 0.336 e. The highest BCUT2D eigenvalue weighted by atomic mass is 35.5. The van der Waals surface area contributed by atoms with E-state index in [1.807, 2.05) is 59.4 Å². The Morgan fingerprint density at radius 2 is 1.89 bits per heavy atom. The van der Waals surface area contributed by atoms with E-state index in [1.165, 1.54) is 0 Å². The van der Waals surface area contributed by atoms with Gasteiger partial charge in [-0.2, -0.15) is 0 Å². The van der Waals surface area contributed by atoms with E-state index >= 15 is 0 Å². The smallest absolute Gasteiger partial charge is 0.336 e. The van der Waals surface area contributed by atoms with Crippen molar-refractivity contribution in [1.82, 2.24) is 9.55 Å². The fraction of sp³-hybridized carbons (Fsp3) is 0.185. The van der Waals surface area contributed by atoms with Gasteiger partial charge in [-0.3, -0.25) is 4.98 Å². The van der Waals surface area contributed by atoms with Gasteiger partial charge < -0.3 is 24.0 Å². The zero-order valence-corrected chi connectivity index (χ0v) is 19.6. The summed E-state index contributed by atoms with van der Waals surface area (Å²) >= 11 is 6.46. The van der Waals surface area contributed by atoms with Crippen molar-refractivity contribution in [1.29, 1.82) is 0 Å². The van der Waals surface area contributed by atoms with Crippen LogP contribution in [0.4, 0.5) is 5.69 Å². The molecule has 1 N–H and O–H groups in total. The molecule has 3 heterocycles. The molecule has 0 amide bonds. The Morgan fingerprint density at radius 3 is 2.60 bits per heavy atom. The lowest BCUT2D eigenvalue weighted by atomic mass is 10.0. The van der Waals surface area contributed by atoms with Gasteiger partial charge >= 0.3 is 5.97 Å². The Kier molecular flexibility index (Phi) is 6.59. The van der Waals surface area contributed by atoms with Crippen LogP contribution in [-0.2, 0) is 13.2 Å². The molecule has 0 bridgehead atoms. The zero-order chi connectivity index (χ0) is 24.2. The molecule has 0 radical (unpaired) electrons. The molecule has 7 nitrogen and oxygen atoms in total. The molecule has 178 valence electrons. The average Bonchev–Trinajstić information content (AvgIpc) is 3.35. The van der Waals surface area contributed by atoms with Crippen LogP contribution in [0.2, 0.25) is 5.02 Å². The van der Waals surface area contributed by atoms with Gasteiger partial charge in [-0.15, -0.1) is 0 Å². The number of benzene rings is 2. The molecule has 8 heteroatoms. The third kappa shape index (κ3) is 5.25. The van der Waals surface area contributed by atoms with Crippen LogP contribution in [0, 0.1) is 0 Å². The molecule has 5 rings (SSSR count). The van der Waals surface area contributed by atoms with Gasteiger partial charge in [0, 0.05) is 41.9 Å². The van der Waals surface area contributed by atoms with E-state index in [-0.39, 0.29) is 6.10 Å². The van der Waals surface area contributed by atoms with Crippen molar-refractivity contribution in [2.24, 2.45) is 0 Å². The summed E-state index contributed by atoms with van der Waals surface area (Å²) in [5, 5.41) is 10.3. The third-order valence-electron chi connectivity index (χ3n) is 5.93. The second-order valence-corrected chi connectivity index (χ2v) is 8.75. The molecule has 0 atom stereocenters. The third-order valence-corrected chi connectivity index (χ3v) is 6.29.